The van der Waals surface area contributed by atoms with Crippen LogP contribution < -0.4 is 5.32 Å². The van der Waals surface area contributed by atoms with Gasteiger partial charge in [-0.05, 0) is 31.2 Å². The molecule has 1 aromatic carbocycles. The molecule has 0 atom stereocenters. The molecule has 0 saturated carbocycles. The predicted octanol–water partition coefficient (Wildman–Crippen LogP) is 4.26. The highest BCUT2D eigenvalue weighted by atomic mass is 79.9. The van der Waals surface area contributed by atoms with Gasteiger partial charge in [-0.3, -0.25) is 0 Å². The van der Waals surface area contributed by atoms with Gasteiger partial charge >= 0.3 is 0 Å². The van der Waals surface area contributed by atoms with Crippen LogP contribution in [0.2, 0.25) is 5.02 Å². The summed E-state index contributed by atoms with van der Waals surface area (Å²) in [6.07, 6.45) is 2.56. The number of benzene rings is 1. The third-order valence-electron chi connectivity index (χ3n) is 2.49. The zero-order chi connectivity index (χ0) is 13.0. The van der Waals surface area contributed by atoms with Crippen LogP contribution in [0.1, 0.15) is 19.0 Å². The molecule has 0 amide bonds. The third-order valence-corrected chi connectivity index (χ3v) is 3.16. The van der Waals surface area contributed by atoms with Gasteiger partial charge in [-0.25, -0.2) is 4.98 Å². The van der Waals surface area contributed by atoms with Crippen LogP contribution in [-0.4, -0.2) is 11.5 Å². The van der Waals surface area contributed by atoms with Crippen molar-refractivity contribution < 1.29 is 4.42 Å². The molecule has 0 aliphatic carbocycles. The zero-order valence-electron chi connectivity index (χ0n) is 10.0. The van der Waals surface area contributed by atoms with Crippen molar-refractivity contribution in [1.29, 1.82) is 0 Å². The summed E-state index contributed by atoms with van der Waals surface area (Å²) in [6.45, 7) is 3.79. The Kier molecular flexibility index (Phi) is 4.80. The molecular weight excluding hydrogens is 316 g/mol. The summed E-state index contributed by atoms with van der Waals surface area (Å²) in [6, 6.07) is 5.68. The Morgan fingerprint density at radius 2 is 2.22 bits per heavy atom. The summed E-state index contributed by atoms with van der Waals surface area (Å²) in [7, 11) is 0. The van der Waals surface area contributed by atoms with E-state index >= 15 is 0 Å². The first-order chi connectivity index (χ1) is 8.70. The molecule has 0 spiro atoms. The van der Waals surface area contributed by atoms with E-state index in [4.69, 9.17) is 16.0 Å². The lowest BCUT2D eigenvalue weighted by Crippen LogP contribution is -2.14. The van der Waals surface area contributed by atoms with Crippen molar-refractivity contribution in [3.63, 3.8) is 0 Å². The largest absolute Gasteiger partial charge is 0.443 e. The maximum atomic E-state index is 6.04. The maximum Gasteiger partial charge on any atom is 0.181 e. The average Bonchev–Trinajstić information content (AvgIpc) is 2.76. The van der Waals surface area contributed by atoms with Gasteiger partial charge in [0.2, 0.25) is 0 Å². The number of nitrogens with one attached hydrogen (secondary N) is 1. The number of hydrogen-bond acceptors (Lipinski definition) is 3. The Morgan fingerprint density at radius 1 is 1.39 bits per heavy atom. The standard InChI is InChI=1S/C13H14BrClN2O/c1-2-3-16-7-12-13(18-8-17-12)9-4-10(14)6-11(15)5-9/h4-6,8,16H,2-3,7H2,1H3. The summed E-state index contributed by atoms with van der Waals surface area (Å²) < 4.78 is 6.39. The molecule has 2 rings (SSSR count). The second-order valence-electron chi connectivity index (χ2n) is 3.96. The minimum atomic E-state index is 0.670. The van der Waals surface area contributed by atoms with Crippen molar-refractivity contribution in [3.8, 4) is 11.3 Å². The number of aromatic nitrogens is 1. The van der Waals surface area contributed by atoms with Gasteiger partial charge in [-0.2, -0.15) is 0 Å². The summed E-state index contributed by atoms with van der Waals surface area (Å²) in [5.41, 5.74) is 1.83. The second kappa shape index (κ2) is 6.36. The highest BCUT2D eigenvalue weighted by Gasteiger charge is 2.11. The Hall–Kier alpha value is -0.840. The number of oxazole rings is 1. The molecule has 1 aromatic heterocycles. The molecule has 1 N–H and O–H groups in total. The normalized spacial score (nSPS) is 10.8. The quantitative estimate of drug-likeness (QED) is 0.833. The summed E-state index contributed by atoms with van der Waals surface area (Å²) in [4.78, 5) is 4.24. The van der Waals surface area contributed by atoms with Crippen molar-refractivity contribution >= 4 is 27.5 Å². The Bertz CT molecular complexity index is 507. The Balaban J connectivity index is 2.24. The molecule has 0 fully saturated rings. The molecule has 0 aliphatic heterocycles. The van der Waals surface area contributed by atoms with Crippen LogP contribution >= 0.6 is 27.5 Å². The van der Waals surface area contributed by atoms with Gasteiger partial charge in [0.1, 0.15) is 5.69 Å². The van der Waals surface area contributed by atoms with Crippen molar-refractivity contribution in [1.82, 2.24) is 10.3 Å². The lowest BCUT2D eigenvalue weighted by molar-refractivity contribution is 0.569. The van der Waals surface area contributed by atoms with Crippen LogP contribution in [-0.2, 0) is 6.54 Å². The van der Waals surface area contributed by atoms with Gasteiger partial charge in [0, 0.05) is 21.6 Å². The fourth-order valence-electron chi connectivity index (χ4n) is 1.70. The molecule has 5 heteroatoms. The number of hydrogen-bond donors (Lipinski definition) is 1. The Labute approximate surface area is 120 Å². The van der Waals surface area contributed by atoms with Crippen LogP contribution in [0.15, 0.2) is 33.5 Å². The van der Waals surface area contributed by atoms with Gasteiger partial charge in [0.15, 0.2) is 12.2 Å². The second-order valence-corrected chi connectivity index (χ2v) is 5.32. The van der Waals surface area contributed by atoms with Crippen molar-refractivity contribution in [2.45, 2.75) is 19.9 Å². The third kappa shape index (κ3) is 3.34. The van der Waals surface area contributed by atoms with E-state index in [9.17, 15) is 0 Å². The molecule has 2 aromatic rings. The Morgan fingerprint density at radius 3 is 2.94 bits per heavy atom. The average molecular weight is 330 g/mol. The van der Waals surface area contributed by atoms with Crippen LogP contribution in [0.5, 0.6) is 0 Å². The van der Waals surface area contributed by atoms with E-state index in [0.29, 0.717) is 11.6 Å². The van der Waals surface area contributed by atoms with Crippen molar-refractivity contribution in [2.75, 3.05) is 6.54 Å². The van der Waals surface area contributed by atoms with E-state index in [-0.39, 0.29) is 0 Å². The molecule has 1 heterocycles. The lowest BCUT2D eigenvalue weighted by atomic mass is 10.1. The minimum Gasteiger partial charge on any atom is -0.443 e. The van der Waals surface area contributed by atoms with E-state index in [1.165, 1.54) is 6.39 Å². The van der Waals surface area contributed by atoms with Gasteiger partial charge in [-0.15, -0.1) is 0 Å². The highest BCUT2D eigenvalue weighted by Crippen LogP contribution is 2.29. The summed E-state index contributed by atoms with van der Waals surface area (Å²) in [5, 5.41) is 3.98. The maximum absolute atomic E-state index is 6.04. The monoisotopic (exact) mass is 328 g/mol. The first kappa shape index (κ1) is 13.6. The molecule has 0 aliphatic rings. The van der Waals surface area contributed by atoms with Crippen LogP contribution in [0.3, 0.4) is 0 Å². The molecule has 0 bridgehead atoms. The zero-order valence-corrected chi connectivity index (χ0v) is 12.4. The van der Waals surface area contributed by atoms with E-state index in [1.807, 2.05) is 18.2 Å². The van der Waals surface area contributed by atoms with Crippen molar-refractivity contribution in [3.05, 3.63) is 39.8 Å². The highest BCUT2D eigenvalue weighted by molar-refractivity contribution is 9.10. The van der Waals surface area contributed by atoms with Gasteiger partial charge < -0.3 is 9.73 Å². The predicted molar refractivity (Wildman–Crippen MR) is 76.6 cm³/mol. The first-order valence-electron chi connectivity index (χ1n) is 5.80. The number of nitrogens with zero attached hydrogens (tertiary/aromatic N) is 1. The summed E-state index contributed by atoms with van der Waals surface area (Å²) >= 11 is 9.46. The minimum absolute atomic E-state index is 0.670. The molecule has 96 valence electrons. The molecular formula is C13H14BrClN2O. The summed E-state index contributed by atoms with van der Waals surface area (Å²) in [5.74, 6) is 0.766. The molecule has 0 unspecified atom stereocenters. The topological polar surface area (TPSA) is 38.1 Å². The van der Waals surface area contributed by atoms with Crippen LogP contribution in [0.25, 0.3) is 11.3 Å². The fraction of sp³-hybridized carbons (Fsp3) is 0.308. The van der Waals surface area contributed by atoms with Crippen LogP contribution in [0, 0.1) is 0 Å². The van der Waals surface area contributed by atoms with E-state index in [1.54, 1.807) is 0 Å². The van der Waals surface area contributed by atoms with Crippen LogP contribution in [0.4, 0.5) is 0 Å². The van der Waals surface area contributed by atoms with E-state index < -0.39 is 0 Å². The smallest absolute Gasteiger partial charge is 0.181 e. The van der Waals surface area contributed by atoms with Gasteiger partial charge in [-0.1, -0.05) is 34.5 Å². The van der Waals surface area contributed by atoms with Gasteiger partial charge in [0.05, 0.1) is 0 Å². The molecule has 3 nitrogen and oxygen atoms in total. The SMILES string of the molecule is CCCNCc1ncoc1-c1cc(Cl)cc(Br)c1. The van der Waals surface area contributed by atoms with E-state index in [2.05, 4.69) is 33.2 Å². The van der Waals surface area contributed by atoms with E-state index in [0.717, 1.165) is 34.5 Å². The molecule has 18 heavy (non-hydrogen) atoms. The number of halogens is 2. The lowest BCUT2D eigenvalue weighted by Gasteiger charge is -2.04. The number of rotatable bonds is 5. The fourth-order valence-corrected chi connectivity index (χ4v) is 2.56. The molecule has 0 radical (unpaired) electrons. The first-order valence-corrected chi connectivity index (χ1v) is 6.97. The van der Waals surface area contributed by atoms with Crippen molar-refractivity contribution in [2.24, 2.45) is 0 Å². The molecule has 0 saturated heterocycles. The van der Waals surface area contributed by atoms with Gasteiger partial charge in [0.25, 0.3) is 0 Å².